The van der Waals surface area contributed by atoms with E-state index in [9.17, 15) is 0 Å². The predicted octanol–water partition coefficient (Wildman–Crippen LogP) is 11.1. The number of allylic oxidation sites excluding steroid dienone is 5. The summed E-state index contributed by atoms with van der Waals surface area (Å²) < 4.78 is 0. The summed E-state index contributed by atoms with van der Waals surface area (Å²) in [4.78, 5) is 5.45. The number of aryl methyl sites for hydroxylation is 3. The minimum absolute atomic E-state index is 0.0140. The van der Waals surface area contributed by atoms with E-state index in [0.717, 1.165) is 25.7 Å². The van der Waals surface area contributed by atoms with E-state index < -0.39 is 0 Å². The molecule has 2 atom stereocenters. The number of hydrogen-bond acceptors (Lipinski definition) is 2. The predicted molar refractivity (Wildman–Crippen MR) is 236 cm³/mol. The Hall–Kier alpha value is -5.02. The Morgan fingerprint density at radius 2 is 1.38 bits per heavy atom. The molecule has 11 rings (SSSR count). The van der Waals surface area contributed by atoms with Gasteiger partial charge >= 0.3 is 0 Å². The monoisotopic (exact) mass is 714 g/mol. The molecule has 2 nitrogen and oxygen atoms in total. The van der Waals surface area contributed by atoms with Crippen LogP contribution in [-0.4, -0.2) is 12.3 Å². The van der Waals surface area contributed by atoms with E-state index in [1.54, 1.807) is 5.57 Å². The molecule has 0 saturated carbocycles. The van der Waals surface area contributed by atoms with Gasteiger partial charge in [-0.2, -0.15) is 0 Å². The van der Waals surface area contributed by atoms with Crippen LogP contribution in [0.25, 0.3) is 10.8 Å². The zero-order valence-corrected chi connectivity index (χ0v) is 33.8. The quantitative estimate of drug-likeness (QED) is 0.165. The Labute approximate surface area is 328 Å². The van der Waals surface area contributed by atoms with E-state index in [1.807, 2.05) is 0 Å². The first-order valence-corrected chi connectivity index (χ1v) is 20.7. The Bertz CT molecular complexity index is 2660. The molecular weight excluding hydrogens is 663 g/mol. The van der Waals surface area contributed by atoms with Crippen molar-refractivity contribution in [2.45, 2.75) is 97.4 Å². The Balaban J connectivity index is 1.24. The first-order chi connectivity index (χ1) is 26.3. The molecule has 0 amide bonds. The highest BCUT2D eigenvalue weighted by Crippen LogP contribution is 2.54. The second-order valence-electron chi connectivity index (χ2n) is 19.5. The third kappa shape index (κ3) is 4.56. The van der Waals surface area contributed by atoms with Crippen LogP contribution in [-0.2, 0) is 23.7 Å². The highest BCUT2D eigenvalue weighted by Gasteiger charge is 2.51. The van der Waals surface area contributed by atoms with Gasteiger partial charge < -0.3 is 9.80 Å². The Morgan fingerprint density at radius 1 is 0.691 bits per heavy atom. The van der Waals surface area contributed by atoms with Crippen molar-refractivity contribution in [3.05, 3.63) is 154 Å². The van der Waals surface area contributed by atoms with Gasteiger partial charge in [-0.3, -0.25) is 0 Å². The maximum atomic E-state index is 2.79. The van der Waals surface area contributed by atoms with Crippen LogP contribution in [0.15, 0.2) is 126 Å². The highest BCUT2D eigenvalue weighted by molar-refractivity contribution is 7.00. The van der Waals surface area contributed by atoms with Crippen LogP contribution < -0.4 is 26.2 Å². The van der Waals surface area contributed by atoms with Gasteiger partial charge in [-0.15, -0.1) is 0 Å². The van der Waals surface area contributed by atoms with Crippen molar-refractivity contribution in [2.24, 2.45) is 5.92 Å². The molecule has 0 bridgehead atoms. The lowest BCUT2D eigenvalue weighted by molar-refractivity contribution is 0.464. The normalized spacial score (nSPS) is 21.6. The Kier molecular flexibility index (Phi) is 6.70. The van der Waals surface area contributed by atoms with Crippen molar-refractivity contribution >= 4 is 62.3 Å². The molecule has 0 spiro atoms. The summed E-state index contributed by atoms with van der Waals surface area (Å²) >= 11 is 0. The molecule has 4 aliphatic carbocycles. The maximum absolute atomic E-state index is 2.79. The third-order valence-corrected chi connectivity index (χ3v) is 14.0. The third-order valence-electron chi connectivity index (χ3n) is 14.0. The van der Waals surface area contributed by atoms with Gasteiger partial charge in [0.2, 0.25) is 0 Å². The van der Waals surface area contributed by atoms with Gasteiger partial charge in [-0.05, 0) is 147 Å². The summed E-state index contributed by atoms with van der Waals surface area (Å²) in [6.07, 6.45) is 16.8. The van der Waals surface area contributed by atoms with Crippen molar-refractivity contribution in [3.63, 3.8) is 0 Å². The molecule has 5 aromatic carbocycles. The molecule has 2 aliphatic heterocycles. The molecule has 0 fully saturated rings. The van der Waals surface area contributed by atoms with Gasteiger partial charge in [0.25, 0.3) is 6.71 Å². The number of nitrogens with zero attached hydrogens (tertiary/aromatic N) is 2. The maximum Gasteiger partial charge on any atom is 0.252 e. The van der Waals surface area contributed by atoms with Crippen molar-refractivity contribution in [1.29, 1.82) is 0 Å². The van der Waals surface area contributed by atoms with Crippen LogP contribution in [0, 0.1) is 12.8 Å². The SMILES string of the molecule is Cc1cc2c3c(c1)N(C1(C)C=CC4=C5C(=CC=CC51)CC4)c1cc(C(C)(C)C)ccc1B3c1ccc(C(C)(C)C)cc1N2c1ccc2c3c(cccc13)CC2. The lowest BCUT2D eigenvalue weighted by atomic mass is 9.33. The van der Waals surface area contributed by atoms with Gasteiger partial charge in [-0.1, -0.05) is 120 Å². The molecule has 0 aromatic heterocycles. The second-order valence-corrected chi connectivity index (χ2v) is 19.5. The first-order valence-electron chi connectivity index (χ1n) is 20.7. The molecular formula is C52H51BN2. The zero-order valence-electron chi connectivity index (χ0n) is 33.8. The summed E-state index contributed by atoms with van der Waals surface area (Å²) in [7, 11) is 0. The van der Waals surface area contributed by atoms with Crippen LogP contribution in [0.3, 0.4) is 0 Å². The number of rotatable bonds is 2. The average Bonchev–Trinajstić information content (AvgIpc) is 3.78. The fraction of sp³-hybridized carbons (Fsp3) is 0.308. The summed E-state index contributed by atoms with van der Waals surface area (Å²) in [5, 5.41) is 2.83. The molecule has 0 saturated heterocycles. The van der Waals surface area contributed by atoms with Gasteiger partial charge in [0.05, 0.1) is 11.2 Å². The van der Waals surface area contributed by atoms with Crippen molar-refractivity contribution in [3.8, 4) is 0 Å². The summed E-state index contributed by atoms with van der Waals surface area (Å²) in [6.45, 7) is 19.1. The smallest absolute Gasteiger partial charge is 0.252 e. The van der Waals surface area contributed by atoms with Gasteiger partial charge in [0.15, 0.2) is 0 Å². The van der Waals surface area contributed by atoms with Crippen molar-refractivity contribution in [2.75, 3.05) is 9.80 Å². The van der Waals surface area contributed by atoms with Crippen molar-refractivity contribution < 1.29 is 0 Å². The lowest BCUT2D eigenvalue weighted by Crippen LogP contribution is -2.65. The van der Waals surface area contributed by atoms with Gasteiger partial charge in [-0.25, -0.2) is 0 Å². The molecule has 0 N–H and O–H groups in total. The van der Waals surface area contributed by atoms with Crippen LogP contribution in [0.2, 0.25) is 0 Å². The van der Waals surface area contributed by atoms with E-state index in [4.69, 9.17) is 0 Å². The van der Waals surface area contributed by atoms with Crippen LogP contribution in [0.5, 0.6) is 0 Å². The van der Waals surface area contributed by atoms with E-state index in [0.29, 0.717) is 0 Å². The highest BCUT2D eigenvalue weighted by atomic mass is 15.2. The number of anilines is 5. The molecule has 55 heavy (non-hydrogen) atoms. The Morgan fingerprint density at radius 3 is 2.13 bits per heavy atom. The van der Waals surface area contributed by atoms with Crippen LogP contribution in [0.4, 0.5) is 28.4 Å². The second kappa shape index (κ2) is 11.1. The molecule has 3 heteroatoms. The fourth-order valence-electron chi connectivity index (χ4n) is 11.2. The van der Waals surface area contributed by atoms with Crippen LogP contribution in [0.1, 0.15) is 89.1 Å². The standard InChI is InChI=1S/C52H51BN2/c1-31-27-45-49-46(28-31)55(52(8)26-25-35-18-16-33-12-10-14-39(52)48(33)35)44-30-37(51(5,6)7)21-23-41(44)53(49)40-22-20-36(50(2,3)4)29-43(40)54(45)42-24-19-34-17-15-32-11-9-13-38(42)47(32)34/h9-14,19-30,39H,15-18H2,1-8H3. The van der Waals surface area contributed by atoms with Gasteiger partial charge in [0.1, 0.15) is 0 Å². The van der Waals surface area contributed by atoms with E-state index >= 15 is 0 Å². The molecule has 2 heterocycles. The summed E-state index contributed by atoms with van der Waals surface area (Å²) in [5.41, 5.74) is 22.2. The summed E-state index contributed by atoms with van der Waals surface area (Å²) in [6, 6.07) is 31.8. The molecule has 6 aliphatic rings. The largest absolute Gasteiger partial charge is 0.332 e. The molecule has 272 valence electrons. The minimum Gasteiger partial charge on any atom is -0.332 e. The average molecular weight is 715 g/mol. The van der Waals surface area contributed by atoms with E-state index in [2.05, 4.69) is 174 Å². The number of fused-ring (bicyclic) bond motifs is 4. The van der Waals surface area contributed by atoms with Gasteiger partial charge in [0, 0.05) is 34.1 Å². The molecule has 0 radical (unpaired) electrons. The van der Waals surface area contributed by atoms with E-state index in [1.165, 1.54) is 94.6 Å². The number of benzene rings is 5. The number of hydrogen-bond donors (Lipinski definition) is 0. The minimum atomic E-state index is -0.305. The lowest BCUT2D eigenvalue weighted by Gasteiger charge is -2.53. The fourth-order valence-corrected chi connectivity index (χ4v) is 11.2. The molecule has 2 unspecified atom stereocenters. The molecule has 5 aromatic rings. The van der Waals surface area contributed by atoms with E-state index in [-0.39, 0.29) is 29.0 Å². The van der Waals surface area contributed by atoms with Crippen molar-refractivity contribution in [1.82, 2.24) is 0 Å². The summed E-state index contributed by atoms with van der Waals surface area (Å²) in [5.74, 6) is 0.270. The first kappa shape index (κ1) is 33.3. The topological polar surface area (TPSA) is 6.48 Å². The van der Waals surface area contributed by atoms with Crippen LogP contribution >= 0.6 is 0 Å². The zero-order chi connectivity index (χ0) is 37.8.